The van der Waals surface area contributed by atoms with E-state index in [9.17, 15) is 0 Å². The minimum atomic E-state index is 0.461. The molecule has 0 amide bonds. The van der Waals surface area contributed by atoms with Crippen molar-refractivity contribution in [2.45, 2.75) is 57.4 Å². The van der Waals surface area contributed by atoms with Gasteiger partial charge in [-0.3, -0.25) is 0 Å². The first kappa shape index (κ1) is 12.0. The fraction of sp³-hybridized carbons (Fsp3) is 0.857. The van der Waals surface area contributed by atoms with E-state index in [0.717, 1.165) is 12.5 Å². The molecule has 1 fully saturated rings. The van der Waals surface area contributed by atoms with Crippen molar-refractivity contribution in [3.05, 3.63) is 11.8 Å². The van der Waals surface area contributed by atoms with Crippen molar-refractivity contribution in [1.29, 1.82) is 0 Å². The summed E-state index contributed by atoms with van der Waals surface area (Å²) in [5.74, 6) is 2.12. The van der Waals surface area contributed by atoms with Crippen molar-refractivity contribution in [3.63, 3.8) is 0 Å². The Kier molecular flexibility index (Phi) is 4.70. The van der Waals surface area contributed by atoms with E-state index >= 15 is 0 Å². The molecule has 92 valence electrons. The predicted molar refractivity (Wildman–Crippen MR) is 67.3 cm³/mol. The highest BCUT2D eigenvalue weighted by Gasteiger charge is 2.22. The van der Waals surface area contributed by atoms with E-state index in [1.807, 2.05) is 0 Å². The third-order valence-corrected chi connectivity index (χ3v) is 3.95. The van der Waals surface area contributed by atoms with E-state index < -0.39 is 0 Å². The van der Waals surface area contributed by atoms with E-state index in [2.05, 4.69) is 18.4 Å². The molecule has 2 nitrogen and oxygen atoms in total. The van der Waals surface area contributed by atoms with Gasteiger partial charge in [-0.05, 0) is 38.3 Å². The lowest BCUT2D eigenvalue weighted by Gasteiger charge is -2.29. The Labute approximate surface area is 99.4 Å². The number of hydrogen-bond donors (Lipinski definition) is 1. The van der Waals surface area contributed by atoms with Crippen LogP contribution in [-0.2, 0) is 4.74 Å². The normalized spacial score (nSPS) is 24.7. The molecule has 0 saturated heterocycles. The summed E-state index contributed by atoms with van der Waals surface area (Å²) in [4.78, 5) is 0. The van der Waals surface area contributed by atoms with Gasteiger partial charge in [-0.25, -0.2) is 0 Å². The molecule has 1 unspecified atom stereocenters. The van der Waals surface area contributed by atoms with Crippen LogP contribution in [0.5, 0.6) is 0 Å². The van der Waals surface area contributed by atoms with Crippen LogP contribution in [0, 0.1) is 5.92 Å². The second kappa shape index (κ2) is 6.29. The zero-order valence-corrected chi connectivity index (χ0v) is 10.5. The van der Waals surface area contributed by atoms with Crippen LogP contribution in [0.3, 0.4) is 0 Å². The third-order valence-electron chi connectivity index (χ3n) is 3.95. The zero-order valence-electron chi connectivity index (χ0n) is 10.5. The monoisotopic (exact) mass is 223 g/mol. The number of hydrogen-bond acceptors (Lipinski definition) is 2. The summed E-state index contributed by atoms with van der Waals surface area (Å²) in [7, 11) is 2.06. The molecule has 2 rings (SSSR count). The first-order valence-electron chi connectivity index (χ1n) is 6.90. The molecule has 0 aromatic rings. The third kappa shape index (κ3) is 3.24. The molecule has 1 aliphatic carbocycles. The minimum absolute atomic E-state index is 0.461. The SMILES string of the molecule is CNC(CC1CCCCC1)C1=CCCCO1. The Bertz CT molecular complexity index is 231. The van der Waals surface area contributed by atoms with Gasteiger partial charge >= 0.3 is 0 Å². The lowest BCUT2D eigenvalue weighted by molar-refractivity contribution is 0.158. The van der Waals surface area contributed by atoms with E-state index in [0.29, 0.717) is 6.04 Å². The second-order valence-electron chi connectivity index (χ2n) is 5.18. The summed E-state index contributed by atoms with van der Waals surface area (Å²) in [5.41, 5.74) is 0. The lowest BCUT2D eigenvalue weighted by Crippen LogP contribution is -2.32. The fourth-order valence-electron chi connectivity index (χ4n) is 2.95. The predicted octanol–water partition coefficient (Wildman–Crippen LogP) is 3.24. The van der Waals surface area contributed by atoms with Gasteiger partial charge in [0.15, 0.2) is 0 Å². The van der Waals surface area contributed by atoms with Gasteiger partial charge in [0, 0.05) is 0 Å². The van der Waals surface area contributed by atoms with Gasteiger partial charge in [0.05, 0.1) is 12.6 Å². The maximum absolute atomic E-state index is 5.77. The summed E-state index contributed by atoms with van der Waals surface area (Å²) in [5, 5.41) is 3.43. The standard InChI is InChI=1S/C14H25NO/c1-15-13(14-9-5-6-10-16-14)11-12-7-3-2-4-8-12/h9,12-13,15H,2-8,10-11H2,1H3. The minimum Gasteiger partial charge on any atom is -0.497 e. The van der Waals surface area contributed by atoms with Gasteiger partial charge < -0.3 is 10.1 Å². The van der Waals surface area contributed by atoms with Crippen LogP contribution in [0.25, 0.3) is 0 Å². The first-order valence-corrected chi connectivity index (χ1v) is 6.90. The first-order chi connectivity index (χ1) is 7.90. The number of rotatable bonds is 4. The van der Waals surface area contributed by atoms with Crippen LogP contribution in [0.2, 0.25) is 0 Å². The molecule has 1 heterocycles. The van der Waals surface area contributed by atoms with Crippen molar-refractivity contribution < 1.29 is 4.74 Å². The molecule has 2 aliphatic rings. The number of likely N-dealkylation sites (N-methyl/N-ethyl adjacent to an activating group) is 1. The molecule has 0 aromatic heterocycles. The smallest absolute Gasteiger partial charge is 0.109 e. The van der Waals surface area contributed by atoms with Gasteiger partial charge in [0.2, 0.25) is 0 Å². The Hall–Kier alpha value is -0.500. The van der Waals surface area contributed by atoms with Crippen molar-refractivity contribution >= 4 is 0 Å². The molecule has 2 heteroatoms. The van der Waals surface area contributed by atoms with Gasteiger partial charge in [-0.2, -0.15) is 0 Å². The quantitative estimate of drug-likeness (QED) is 0.790. The molecule has 1 N–H and O–H groups in total. The van der Waals surface area contributed by atoms with Gasteiger partial charge in [-0.1, -0.05) is 32.1 Å². The second-order valence-corrected chi connectivity index (χ2v) is 5.18. The topological polar surface area (TPSA) is 21.3 Å². The van der Waals surface area contributed by atoms with Crippen LogP contribution in [-0.4, -0.2) is 19.7 Å². The molecule has 1 saturated carbocycles. The van der Waals surface area contributed by atoms with Gasteiger partial charge in [0.1, 0.15) is 5.76 Å². The van der Waals surface area contributed by atoms with Crippen molar-refractivity contribution in [3.8, 4) is 0 Å². The Balaban J connectivity index is 1.86. The highest BCUT2D eigenvalue weighted by Crippen LogP contribution is 2.29. The van der Waals surface area contributed by atoms with Crippen molar-refractivity contribution in [2.75, 3.05) is 13.7 Å². The van der Waals surface area contributed by atoms with Crippen molar-refractivity contribution in [2.24, 2.45) is 5.92 Å². The molecule has 0 aromatic carbocycles. The summed E-state index contributed by atoms with van der Waals surface area (Å²) in [6.45, 7) is 0.911. The van der Waals surface area contributed by atoms with Crippen LogP contribution in [0.1, 0.15) is 51.4 Å². The molecule has 0 radical (unpaired) electrons. The maximum Gasteiger partial charge on any atom is 0.109 e. The average Bonchev–Trinajstić information content (AvgIpc) is 2.38. The van der Waals surface area contributed by atoms with Crippen molar-refractivity contribution in [1.82, 2.24) is 5.32 Å². The highest BCUT2D eigenvalue weighted by atomic mass is 16.5. The van der Waals surface area contributed by atoms with Crippen LogP contribution in [0.4, 0.5) is 0 Å². The zero-order chi connectivity index (χ0) is 11.2. The number of nitrogens with one attached hydrogen (secondary N) is 1. The van der Waals surface area contributed by atoms with E-state index in [1.165, 1.54) is 57.1 Å². The molecular formula is C14H25NO. The largest absolute Gasteiger partial charge is 0.497 e. The summed E-state index contributed by atoms with van der Waals surface area (Å²) < 4.78 is 5.77. The average molecular weight is 223 g/mol. The summed E-state index contributed by atoms with van der Waals surface area (Å²) in [6, 6.07) is 0.461. The Morgan fingerprint density at radius 1 is 1.31 bits per heavy atom. The van der Waals surface area contributed by atoms with Crippen LogP contribution < -0.4 is 5.32 Å². The number of ether oxygens (including phenoxy) is 1. The van der Waals surface area contributed by atoms with Crippen LogP contribution >= 0.6 is 0 Å². The summed E-state index contributed by atoms with van der Waals surface area (Å²) >= 11 is 0. The maximum atomic E-state index is 5.77. The van der Waals surface area contributed by atoms with E-state index in [1.54, 1.807) is 0 Å². The van der Waals surface area contributed by atoms with E-state index in [-0.39, 0.29) is 0 Å². The summed E-state index contributed by atoms with van der Waals surface area (Å²) in [6.07, 6.45) is 13.1. The molecule has 0 spiro atoms. The van der Waals surface area contributed by atoms with Gasteiger partial charge in [0.25, 0.3) is 0 Å². The molecular weight excluding hydrogens is 198 g/mol. The van der Waals surface area contributed by atoms with Crippen LogP contribution in [0.15, 0.2) is 11.8 Å². The highest BCUT2D eigenvalue weighted by molar-refractivity contribution is 5.05. The van der Waals surface area contributed by atoms with E-state index in [4.69, 9.17) is 4.74 Å². The molecule has 1 atom stereocenters. The molecule has 0 bridgehead atoms. The lowest BCUT2D eigenvalue weighted by atomic mass is 9.84. The van der Waals surface area contributed by atoms with Gasteiger partial charge in [-0.15, -0.1) is 0 Å². The number of allylic oxidation sites excluding steroid dienone is 1. The molecule has 16 heavy (non-hydrogen) atoms. The Morgan fingerprint density at radius 3 is 2.75 bits per heavy atom. The molecule has 1 aliphatic heterocycles. The Morgan fingerprint density at radius 2 is 2.12 bits per heavy atom. The fourth-order valence-corrected chi connectivity index (χ4v) is 2.95.